The molecule has 3 heteroatoms. The Labute approximate surface area is 166 Å². The Kier molecular flexibility index (Phi) is 6.05. The van der Waals surface area contributed by atoms with E-state index in [-0.39, 0.29) is 5.78 Å². The normalized spacial score (nSPS) is 11.7. The summed E-state index contributed by atoms with van der Waals surface area (Å²) in [7, 11) is 0. The lowest BCUT2D eigenvalue weighted by molar-refractivity contribution is 0.0318. The largest absolute Gasteiger partial charge is 0.451 e. The lowest BCUT2D eigenvalue weighted by Crippen LogP contribution is -2.25. The Hall–Kier alpha value is -3.20. The maximum absolute atomic E-state index is 12.7. The minimum atomic E-state index is -0.848. The number of aryl methyl sites for hydroxylation is 2. The molecule has 0 saturated carbocycles. The van der Waals surface area contributed by atoms with E-state index >= 15 is 0 Å². The van der Waals surface area contributed by atoms with Crippen LogP contribution in [0.1, 0.15) is 49.9 Å². The second-order valence-electron chi connectivity index (χ2n) is 7.03. The second kappa shape index (κ2) is 8.66. The Morgan fingerprint density at radius 3 is 2.25 bits per heavy atom. The minimum absolute atomic E-state index is 0.197. The van der Waals surface area contributed by atoms with Gasteiger partial charge < -0.3 is 4.74 Å². The summed E-state index contributed by atoms with van der Waals surface area (Å²) in [6.07, 6.45) is -0.217. The van der Waals surface area contributed by atoms with Crippen LogP contribution in [0.3, 0.4) is 0 Å². The second-order valence-corrected chi connectivity index (χ2v) is 7.03. The van der Waals surface area contributed by atoms with Crippen molar-refractivity contribution in [2.24, 2.45) is 0 Å². The number of ketones is 1. The third-order valence-corrected chi connectivity index (χ3v) is 4.92. The molecule has 142 valence electrons. The van der Waals surface area contributed by atoms with Crippen molar-refractivity contribution in [3.05, 3.63) is 106 Å². The first-order valence-corrected chi connectivity index (χ1v) is 9.40. The molecule has 0 aliphatic heterocycles. The van der Waals surface area contributed by atoms with Gasteiger partial charge in [0.1, 0.15) is 0 Å². The maximum Gasteiger partial charge on any atom is 0.339 e. The summed E-state index contributed by atoms with van der Waals surface area (Å²) in [5.74, 6) is -0.673. The topological polar surface area (TPSA) is 43.4 Å². The van der Waals surface area contributed by atoms with Crippen LogP contribution in [0.15, 0.2) is 72.8 Å². The van der Waals surface area contributed by atoms with E-state index in [2.05, 4.69) is 0 Å². The van der Waals surface area contributed by atoms with Gasteiger partial charge in [0.2, 0.25) is 5.78 Å². The monoisotopic (exact) mass is 372 g/mol. The lowest BCUT2D eigenvalue weighted by Gasteiger charge is -2.15. The number of carbonyl (C=O) groups is 2. The van der Waals surface area contributed by atoms with Gasteiger partial charge in [-0.1, -0.05) is 60.7 Å². The summed E-state index contributed by atoms with van der Waals surface area (Å²) >= 11 is 0. The third kappa shape index (κ3) is 4.55. The van der Waals surface area contributed by atoms with Gasteiger partial charge >= 0.3 is 5.97 Å². The van der Waals surface area contributed by atoms with Gasteiger partial charge in [-0.3, -0.25) is 4.79 Å². The van der Waals surface area contributed by atoms with E-state index in [1.54, 1.807) is 25.1 Å². The average Bonchev–Trinajstić information content (AvgIpc) is 2.70. The van der Waals surface area contributed by atoms with Crippen molar-refractivity contribution in [2.75, 3.05) is 0 Å². The smallest absolute Gasteiger partial charge is 0.339 e. The summed E-state index contributed by atoms with van der Waals surface area (Å²) in [5.41, 5.74) is 5.20. The van der Waals surface area contributed by atoms with Crippen LogP contribution in [0, 0.1) is 13.8 Å². The van der Waals surface area contributed by atoms with E-state index in [4.69, 9.17) is 4.74 Å². The fourth-order valence-corrected chi connectivity index (χ4v) is 3.10. The predicted octanol–water partition coefficient (Wildman–Crippen LogP) is 5.32. The fourth-order valence-electron chi connectivity index (χ4n) is 3.10. The number of hydrogen-bond acceptors (Lipinski definition) is 3. The van der Waals surface area contributed by atoms with Crippen molar-refractivity contribution in [3.63, 3.8) is 0 Å². The molecule has 0 fully saturated rings. The van der Waals surface area contributed by atoms with Crippen LogP contribution in [-0.2, 0) is 11.2 Å². The molecule has 0 aliphatic carbocycles. The molecule has 3 aromatic carbocycles. The number of rotatable bonds is 6. The van der Waals surface area contributed by atoms with E-state index in [9.17, 15) is 9.59 Å². The predicted molar refractivity (Wildman–Crippen MR) is 111 cm³/mol. The molecule has 3 rings (SSSR count). The van der Waals surface area contributed by atoms with E-state index in [0.717, 1.165) is 22.3 Å². The fraction of sp³-hybridized carbons (Fsp3) is 0.200. The number of benzene rings is 3. The van der Waals surface area contributed by atoms with Gasteiger partial charge in [-0.05, 0) is 61.6 Å². The van der Waals surface area contributed by atoms with Crippen LogP contribution in [0.2, 0.25) is 0 Å². The number of hydrogen-bond donors (Lipinski definition) is 0. The van der Waals surface area contributed by atoms with Gasteiger partial charge in [0.25, 0.3) is 0 Å². The molecule has 0 amide bonds. The van der Waals surface area contributed by atoms with E-state index in [1.807, 2.05) is 68.4 Å². The van der Waals surface area contributed by atoms with Crippen molar-refractivity contribution in [2.45, 2.75) is 33.3 Å². The van der Waals surface area contributed by atoms with Crippen molar-refractivity contribution in [1.82, 2.24) is 0 Å². The van der Waals surface area contributed by atoms with Crippen molar-refractivity contribution >= 4 is 11.8 Å². The molecule has 28 heavy (non-hydrogen) atoms. The average molecular weight is 372 g/mol. The number of Topliss-reactive ketones (excluding diaryl/α,β-unsaturated/α-hetero) is 1. The van der Waals surface area contributed by atoms with Gasteiger partial charge in [0.15, 0.2) is 6.10 Å². The summed E-state index contributed by atoms with van der Waals surface area (Å²) < 4.78 is 5.51. The third-order valence-electron chi connectivity index (χ3n) is 4.92. The molecule has 1 atom stereocenters. The van der Waals surface area contributed by atoms with Gasteiger partial charge in [0.05, 0.1) is 5.56 Å². The molecule has 0 N–H and O–H groups in total. The Morgan fingerprint density at radius 1 is 0.857 bits per heavy atom. The van der Waals surface area contributed by atoms with Gasteiger partial charge in [-0.15, -0.1) is 0 Å². The molecule has 0 saturated heterocycles. The quantitative estimate of drug-likeness (QED) is 0.434. The SMILES string of the molecule is Cc1ccc(C(=O)[C@@H](C)OC(=O)c2ccccc2Cc2ccccc2)cc1C. The molecule has 0 bridgehead atoms. The Morgan fingerprint density at radius 2 is 1.54 bits per heavy atom. The molecule has 0 radical (unpaired) electrons. The van der Waals surface area contributed by atoms with Crippen LogP contribution in [0.4, 0.5) is 0 Å². The van der Waals surface area contributed by atoms with E-state index in [1.165, 1.54) is 0 Å². The molecule has 3 nitrogen and oxygen atoms in total. The number of ether oxygens (including phenoxy) is 1. The van der Waals surface area contributed by atoms with Gasteiger partial charge in [-0.2, -0.15) is 0 Å². The standard InChI is InChI=1S/C25H24O3/c1-17-13-14-22(15-18(17)2)24(26)19(3)28-25(27)23-12-8-7-11-21(23)16-20-9-5-4-6-10-20/h4-15,19H,16H2,1-3H3/t19-/m1/s1. The van der Waals surface area contributed by atoms with Crippen molar-refractivity contribution in [3.8, 4) is 0 Å². The Bertz CT molecular complexity index is 990. The highest BCUT2D eigenvalue weighted by molar-refractivity contribution is 6.01. The van der Waals surface area contributed by atoms with Crippen molar-refractivity contribution in [1.29, 1.82) is 0 Å². The highest BCUT2D eigenvalue weighted by Crippen LogP contribution is 2.18. The minimum Gasteiger partial charge on any atom is -0.451 e. The van der Waals surface area contributed by atoms with Crippen LogP contribution in [0.5, 0.6) is 0 Å². The zero-order valence-corrected chi connectivity index (χ0v) is 16.4. The first-order valence-electron chi connectivity index (χ1n) is 9.40. The van der Waals surface area contributed by atoms with Crippen LogP contribution < -0.4 is 0 Å². The molecule has 0 heterocycles. The Balaban J connectivity index is 1.75. The summed E-state index contributed by atoms with van der Waals surface area (Å²) in [6.45, 7) is 5.58. The van der Waals surface area contributed by atoms with E-state index in [0.29, 0.717) is 17.5 Å². The number of esters is 1. The molecule has 0 aliphatic rings. The summed E-state index contributed by atoms with van der Waals surface area (Å²) in [5, 5.41) is 0. The summed E-state index contributed by atoms with van der Waals surface area (Å²) in [6, 6.07) is 22.8. The first kappa shape index (κ1) is 19.6. The van der Waals surface area contributed by atoms with Crippen LogP contribution in [-0.4, -0.2) is 17.9 Å². The maximum atomic E-state index is 12.7. The van der Waals surface area contributed by atoms with Crippen molar-refractivity contribution < 1.29 is 14.3 Å². The molecule has 3 aromatic rings. The highest BCUT2D eigenvalue weighted by atomic mass is 16.5. The highest BCUT2D eigenvalue weighted by Gasteiger charge is 2.22. The van der Waals surface area contributed by atoms with Gasteiger partial charge in [0, 0.05) is 5.56 Å². The van der Waals surface area contributed by atoms with Gasteiger partial charge in [-0.25, -0.2) is 4.79 Å². The molecular formula is C25H24O3. The molecule has 0 spiro atoms. The number of carbonyl (C=O) groups excluding carboxylic acids is 2. The first-order chi connectivity index (χ1) is 13.5. The molecule has 0 unspecified atom stereocenters. The lowest BCUT2D eigenvalue weighted by atomic mass is 9.99. The van der Waals surface area contributed by atoms with Crippen LogP contribution >= 0.6 is 0 Å². The molecular weight excluding hydrogens is 348 g/mol. The van der Waals surface area contributed by atoms with E-state index < -0.39 is 12.1 Å². The summed E-state index contributed by atoms with van der Waals surface area (Å²) in [4.78, 5) is 25.4. The molecule has 0 aromatic heterocycles. The zero-order chi connectivity index (χ0) is 20.1. The van der Waals surface area contributed by atoms with Crippen LogP contribution in [0.25, 0.3) is 0 Å². The zero-order valence-electron chi connectivity index (χ0n) is 16.4.